The summed E-state index contributed by atoms with van der Waals surface area (Å²) in [4.78, 5) is 32.4. The number of hydrogen-bond acceptors (Lipinski definition) is 8. The second-order valence-electron chi connectivity index (χ2n) is 3.80. The largest absolute Gasteiger partial charge is 0.463 e. The SMILES string of the molecule is CC(=O)OC[C@@H](O)[C@@H](O)[C@H](O)[C@@H](N)C(=O)C(C)=O. The summed E-state index contributed by atoms with van der Waals surface area (Å²) in [5.74, 6) is -2.62. The van der Waals surface area contributed by atoms with E-state index in [0.717, 1.165) is 13.8 Å². The van der Waals surface area contributed by atoms with Crippen molar-refractivity contribution in [2.75, 3.05) is 6.61 Å². The predicted octanol–water partition coefficient (Wildman–Crippen LogP) is -2.88. The van der Waals surface area contributed by atoms with Gasteiger partial charge in [0.1, 0.15) is 31.0 Å². The number of carbonyl (C=O) groups excluding carboxylic acids is 3. The highest BCUT2D eigenvalue weighted by Crippen LogP contribution is 2.06. The number of hydrogen-bond donors (Lipinski definition) is 4. The Morgan fingerprint density at radius 3 is 2.00 bits per heavy atom. The molecule has 0 rings (SSSR count). The van der Waals surface area contributed by atoms with Crippen LogP contribution in [0.4, 0.5) is 0 Å². The second kappa shape index (κ2) is 7.17. The lowest BCUT2D eigenvalue weighted by Gasteiger charge is -2.25. The van der Waals surface area contributed by atoms with Crippen LogP contribution in [-0.2, 0) is 19.1 Å². The van der Waals surface area contributed by atoms with Crippen LogP contribution in [0.1, 0.15) is 13.8 Å². The molecule has 0 bridgehead atoms. The average molecular weight is 263 g/mol. The molecule has 0 aliphatic carbocycles. The molecule has 0 aromatic carbocycles. The molecule has 4 atom stereocenters. The van der Waals surface area contributed by atoms with Gasteiger partial charge in [-0.1, -0.05) is 0 Å². The monoisotopic (exact) mass is 263 g/mol. The van der Waals surface area contributed by atoms with Gasteiger partial charge in [0, 0.05) is 13.8 Å². The molecular formula is C10H17NO7. The van der Waals surface area contributed by atoms with Crippen molar-refractivity contribution < 1.29 is 34.4 Å². The second-order valence-corrected chi connectivity index (χ2v) is 3.80. The number of rotatable bonds is 7. The van der Waals surface area contributed by atoms with E-state index in [1.165, 1.54) is 0 Å². The number of carbonyl (C=O) groups is 3. The third-order valence-corrected chi connectivity index (χ3v) is 2.22. The number of aliphatic hydroxyl groups excluding tert-OH is 3. The van der Waals surface area contributed by atoms with Gasteiger partial charge in [0.05, 0.1) is 0 Å². The number of aliphatic hydroxyl groups is 3. The first-order valence-electron chi connectivity index (χ1n) is 5.16. The third-order valence-electron chi connectivity index (χ3n) is 2.22. The topological polar surface area (TPSA) is 147 Å². The minimum atomic E-state index is -1.84. The molecule has 0 radical (unpaired) electrons. The number of ketones is 2. The Morgan fingerprint density at radius 1 is 1.11 bits per heavy atom. The van der Waals surface area contributed by atoms with Crippen molar-refractivity contribution in [1.29, 1.82) is 0 Å². The van der Waals surface area contributed by atoms with E-state index in [1.807, 2.05) is 0 Å². The molecule has 0 amide bonds. The van der Waals surface area contributed by atoms with Crippen molar-refractivity contribution in [3.05, 3.63) is 0 Å². The van der Waals surface area contributed by atoms with E-state index in [4.69, 9.17) is 5.73 Å². The molecule has 18 heavy (non-hydrogen) atoms. The highest BCUT2D eigenvalue weighted by atomic mass is 16.5. The Bertz CT molecular complexity index is 330. The first-order chi connectivity index (χ1) is 8.18. The molecule has 104 valence electrons. The van der Waals surface area contributed by atoms with E-state index in [-0.39, 0.29) is 0 Å². The number of nitrogens with two attached hydrogens (primary N) is 1. The van der Waals surface area contributed by atoms with Crippen LogP contribution in [-0.4, -0.2) is 63.8 Å². The van der Waals surface area contributed by atoms with Crippen molar-refractivity contribution in [1.82, 2.24) is 0 Å². The summed E-state index contributed by atoms with van der Waals surface area (Å²) in [6.45, 7) is 1.51. The first kappa shape index (κ1) is 16.6. The quantitative estimate of drug-likeness (QED) is 0.283. The normalized spacial score (nSPS) is 17.4. The molecule has 0 spiro atoms. The molecule has 0 heterocycles. The summed E-state index contributed by atoms with van der Waals surface area (Å²) in [7, 11) is 0. The zero-order valence-corrected chi connectivity index (χ0v) is 10.1. The van der Waals surface area contributed by atoms with Crippen LogP contribution in [0.5, 0.6) is 0 Å². The fourth-order valence-corrected chi connectivity index (χ4v) is 1.13. The fourth-order valence-electron chi connectivity index (χ4n) is 1.13. The van der Waals surface area contributed by atoms with E-state index in [0.29, 0.717) is 0 Å². The van der Waals surface area contributed by atoms with Crippen LogP contribution in [0, 0.1) is 0 Å². The molecule has 0 unspecified atom stereocenters. The molecule has 5 N–H and O–H groups in total. The third kappa shape index (κ3) is 4.88. The van der Waals surface area contributed by atoms with E-state index in [9.17, 15) is 29.7 Å². The highest BCUT2D eigenvalue weighted by Gasteiger charge is 2.34. The van der Waals surface area contributed by atoms with E-state index in [2.05, 4.69) is 4.74 Å². The standard InChI is InChI=1S/C10H17NO7/c1-4(12)8(15)7(11)10(17)9(16)6(14)3-18-5(2)13/h6-7,9-10,14,16-17H,3,11H2,1-2H3/t6-,7+,9-,10-/m1/s1. The highest BCUT2D eigenvalue weighted by molar-refractivity contribution is 6.38. The lowest BCUT2D eigenvalue weighted by atomic mass is 9.97. The molecule has 0 saturated heterocycles. The van der Waals surface area contributed by atoms with Gasteiger partial charge >= 0.3 is 5.97 Å². The summed E-state index contributed by atoms with van der Waals surface area (Å²) in [5.41, 5.74) is 5.26. The van der Waals surface area contributed by atoms with Crippen LogP contribution in [0.3, 0.4) is 0 Å². The lowest BCUT2D eigenvalue weighted by molar-refractivity contribution is -0.151. The zero-order chi connectivity index (χ0) is 14.5. The van der Waals surface area contributed by atoms with Crippen LogP contribution in [0.15, 0.2) is 0 Å². The molecule has 0 fully saturated rings. The summed E-state index contributed by atoms with van der Waals surface area (Å²) in [6, 6.07) is -1.65. The van der Waals surface area contributed by atoms with Crippen molar-refractivity contribution in [3.8, 4) is 0 Å². The Kier molecular flexibility index (Phi) is 6.63. The van der Waals surface area contributed by atoms with E-state index < -0.39 is 48.5 Å². The van der Waals surface area contributed by atoms with Gasteiger partial charge < -0.3 is 25.8 Å². The van der Waals surface area contributed by atoms with Crippen molar-refractivity contribution in [3.63, 3.8) is 0 Å². The maximum Gasteiger partial charge on any atom is 0.302 e. The van der Waals surface area contributed by atoms with Gasteiger partial charge in [0.25, 0.3) is 0 Å². The summed E-state index contributed by atoms with van der Waals surface area (Å²) in [5, 5.41) is 28.3. The maximum absolute atomic E-state index is 11.2. The average Bonchev–Trinajstić information content (AvgIpc) is 2.31. The predicted molar refractivity (Wildman–Crippen MR) is 58.3 cm³/mol. The molecule has 8 nitrogen and oxygen atoms in total. The zero-order valence-electron chi connectivity index (χ0n) is 10.1. The molecular weight excluding hydrogens is 246 g/mol. The molecule has 0 aliphatic heterocycles. The van der Waals surface area contributed by atoms with Gasteiger partial charge in [-0.2, -0.15) is 0 Å². The van der Waals surface area contributed by atoms with Gasteiger partial charge in [0.15, 0.2) is 5.78 Å². The van der Waals surface area contributed by atoms with Gasteiger partial charge in [-0.05, 0) is 0 Å². The van der Waals surface area contributed by atoms with Crippen molar-refractivity contribution in [2.45, 2.75) is 38.2 Å². The molecule has 0 aromatic heterocycles. The molecule has 0 saturated carbocycles. The van der Waals surface area contributed by atoms with Gasteiger partial charge in [-0.3, -0.25) is 14.4 Å². The number of ether oxygens (including phenoxy) is 1. The summed E-state index contributed by atoms with van der Waals surface area (Å²) in [6.07, 6.45) is -5.27. The maximum atomic E-state index is 11.2. The summed E-state index contributed by atoms with van der Waals surface area (Å²) < 4.78 is 4.41. The van der Waals surface area contributed by atoms with Crippen LogP contribution in [0.2, 0.25) is 0 Å². The Hall–Kier alpha value is -1.35. The van der Waals surface area contributed by atoms with E-state index >= 15 is 0 Å². The number of Topliss-reactive ketones (excluding diaryl/α,β-unsaturated/α-hetero) is 2. The Morgan fingerprint density at radius 2 is 1.61 bits per heavy atom. The van der Waals surface area contributed by atoms with Gasteiger partial charge in [-0.25, -0.2) is 0 Å². The van der Waals surface area contributed by atoms with Crippen molar-refractivity contribution in [2.24, 2.45) is 5.73 Å². The Labute approximate surface area is 103 Å². The molecule has 8 heteroatoms. The van der Waals surface area contributed by atoms with Crippen LogP contribution in [0.25, 0.3) is 0 Å². The van der Waals surface area contributed by atoms with Crippen LogP contribution >= 0.6 is 0 Å². The minimum absolute atomic E-state index is 0.561. The molecule has 0 aliphatic rings. The fraction of sp³-hybridized carbons (Fsp3) is 0.700. The van der Waals surface area contributed by atoms with Crippen LogP contribution < -0.4 is 5.73 Å². The van der Waals surface area contributed by atoms with Crippen molar-refractivity contribution >= 4 is 17.5 Å². The number of esters is 1. The smallest absolute Gasteiger partial charge is 0.302 e. The van der Waals surface area contributed by atoms with Gasteiger partial charge in [0.2, 0.25) is 5.78 Å². The summed E-state index contributed by atoms with van der Waals surface area (Å²) >= 11 is 0. The Balaban J connectivity index is 4.48. The first-order valence-corrected chi connectivity index (χ1v) is 5.16. The minimum Gasteiger partial charge on any atom is -0.463 e. The van der Waals surface area contributed by atoms with Gasteiger partial charge in [-0.15, -0.1) is 0 Å². The van der Waals surface area contributed by atoms with E-state index in [1.54, 1.807) is 0 Å². The molecule has 0 aromatic rings. The lowest BCUT2D eigenvalue weighted by Crippen LogP contribution is -2.54.